The van der Waals surface area contributed by atoms with Crippen LogP contribution in [0.1, 0.15) is 34.3 Å². The third kappa shape index (κ3) is 6.23. The quantitative estimate of drug-likeness (QED) is 0.739. The van der Waals surface area contributed by atoms with Crippen molar-refractivity contribution in [3.8, 4) is 0 Å². The molecule has 0 fully saturated rings. The molecular formula is C19H19F3N2O2. The highest BCUT2D eigenvalue weighted by Crippen LogP contribution is 2.29. The van der Waals surface area contributed by atoms with Crippen LogP contribution in [0.4, 0.5) is 13.2 Å². The molecule has 0 bridgehead atoms. The second-order valence-electron chi connectivity index (χ2n) is 5.70. The molecule has 2 aromatic rings. The number of carbonyl (C=O) groups is 2. The molecule has 0 heterocycles. The normalized spacial score (nSPS) is 11.0. The molecule has 26 heavy (non-hydrogen) atoms. The molecular weight excluding hydrogens is 345 g/mol. The van der Waals surface area contributed by atoms with Crippen molar-refractivity contribution in [2.75, 3.05) is 6.54 Å². The lowest BCUT2D eigenvalue weighted by Crippen LogP contribution is -2.27. The first-order chi connectivity index (χ1) is 12.4. The van der Waals surface area contributed by atoms with Crippen LogP contribution in [0, 0.1) is 0 Å². The minimum atomic E-state index is -4.41. The number of alkyl halides is 3. The van der Waals surface area contributed by atoms with Crippen molar-refractivity contribution in [2.45, 2.75) is 25.6 Å². The molecule has 0 atom stereocenters. The Morgan fingerprint density at radius 3 is 2.35 bits per heavy atom. The van der Waals surface area contributed by atoms with E-state index >= 15 is 0 Å². The van der Waals surface area contributed by atoms with Crippen molar-refractivity contribution in [1.82, 2.24) is 10.6 Å². The number of rotatable bonds is 7. The largest absolute Gasteiger partial charge is 0.416 e. The molecule has 7 heteroatoms. The fraction of sp³-hybridized carbons (Fsp3) is 0.263. The molecule has 0 spiro atoms. The number of hydrogen-bond acceptors (Lipinski definition) is 2. The Balaban J connectivity index is 1.69. The maximum absolute atomic E-state index is 12.6. The van der Waals surface area contributed by atoms with Crippen molar-refractivity contribution in [3.05, 3.63) is 71.3 Å². The molecule has 2 amide bonds. The molecule has 2 rings (SSSR count). The van der Waals surface area contributed by atoms with E-state index in [0.29, 0.717) is 24.1 Å². The summed E-state index contributed by atoms with van der Waals surface area (Å²) in [5.41, 5.74) is 0.180. The molecule has 2 N–H and O–H groups in total. The molecule has 0 aromatic heterocycles. The van der Waals surface area contributed by atoms with Gasteiger partial charge in [0.25, 0.3) is 5.91 Å². The van der Waals surface area contributed by atoms with Gasteiger partial charge in [0, 0.05) is 25.1 Å². The number of hydrogen-bond donors (Lipinski definition) is 2. The van der Waals surface area contributed by atoms with Crippen LogP contribution in [-0.4, -0.2) is 18.4 Å². The molecule has 0 unspecified atom stereocenters. The van der Waals surface area contributed by atoms with Gasteiger partial charge in [0.1, 0.15) is 0 Å². The van der Waals surface area contributed by atoms with E-state index in [1.54, 1.807) is 24.3 Å². The summed E-state index contributed by atoms with van der Waals surface area (Å²) in [6, 6.07) is 13.5. The van der Waals surface area contributed by atoms with E-state index in [2.05, 4.69) is 10.6 Å². The van der Waals surface area contributed by atoms with Gasteiger partial charge in [-0.15, -0.1) is 0 Å². The summed E-state index contributed by atoms with van der Waals surface area (Å²) >= 11 is 0. The van der Waals surface area contributed by atoms with E-state index < -0.39 is 11.7 Å². The van der Waals surface area contributed by atoms with E-state index in [4.69, 9.17) is 0 Å². The van der Waals surface area contributed by atoms with Crippen LogP contribution in [0.25, 0.3) is 0 Å². The van der Waals surface area contributed by atoms with Crippen LogP contribution >= 0.6 is 0 Å². The van der Waals surface area contributed by atoms with Gasteiger partial charge in [-0.05, 0) is 36.2 Å². The van der Waals surface area contributed by atoms with E-state index in [0.717, 1.165) is 12.1 Å². The van der Waals surface area contributed by atoms with Gasteiger partial charge in [-0.1, -0.05) is 30.3 Å². The second kappa shape index (κ2) is 9.03. The Morgan fingerprint density at radius 2 is 1.65 bits per heavy atom. The van der Waals surface area contributed by atoms with E-state index in [1.807, 2.05) is 6.07 Å². The summed E-state index contributed by atoms with van der Waals surface area (Å²) in [7, 11) is 0. The fourth-order valence-electron chi connectivity index (χ4n) is 2.29. The summed E-state index contributed by atoms with van der Waals surface area (Å²) < 4.78 is 37.9. The lowest BCUT2D eigenvalue weighted by molar-refractivity contribution is -0.137. The molecule has 0 saturated heterocycles. The smallest absolute Gasteiger partial charge is 0.352 e. The van der Waals surface area contributed by atoms with Gasteiger partial charge < -0.3 is 10.6 Å². The Hall–Kier alpha value is -2.83. The van der Waals surface area contributed by atoms with E-state index in [-0.39, 0.29) is 24.8 Å². The highest BCUT2D eigenvalue weighted by atomic mass is 19.4. The Labute approximate surface area is 149 Å². The zero-order valence-electron chi connectivity index (χ0n) is 14.0. The van der Waals surface area contributed by atoms with Gasteiger partial charge in [-0.25, -0.2) is 0 Å². The topological polar surface area (TPSA) is 58.2 Å². The molecule has 0 radical (unpaired) electrons. The van der Waals surface area contributed by atoms with Gasteiger partial charge in [0.2, 0.25) is 5.91 Å². The molecule has 0 aliphatic heterocycles. The monoisotopic (exact) mass is 364 g/mol. The van der Waals surface area contributed by atoms with E-state index in [9.17, 15) is 22.8 Å². The van der Waals surface area contributed by atoms with Crippen LogP contribution in [0.2, 0.25) is 0 Å². The minimum Gasteiger partial charge on any atom is -0.352 e. The maximum atomic E-state index is 12.6. The highest BCUT2D eigenvalue weighted by molar-refractivity contribution is 5.94. The number of benzene rings is 2. The molecule has 2 aromatic carbocycles. The zero-order chi connectivity index (χ0) is 19.0. The fourth-order valence-corrected chi connectivity index (χ4v) is 2.29. The predicted octanol–water partition coefficient (Wildman–Crippen LogP) is 3.53. The zero-order valence-corrected chi connectivity index (χ0v) is 14.0. The summed E-state index contributed by atoms with van der Waals surface area (Å²) in [6.07, 6.45) is -3.79. The van der Waals surface area contributed by atoms with Gasteiger partial charge in [0.05, 0.1) is 5.56 Å². The lowest BCUT2D eigenvalue weighted by Gasteiger charge is -2.10. The second-order valence-corrected chi connectivity index (χ2v) is 5.70. The predicted molar refractivity (Wildman–Crippen MR) is 91.3 cm³/mol. The molecule has 0 aliphatic carbocycles. The van der Waals surface area contributed by atoms with Crippen LogP contribution in [-0.2, 0) is 17.5 Å². The van der Waals surface area contributed by atoms with Gasteiger partial charge in [-0.2, -0.15) is 13.2 Å². The highest BCUT2D eigenvalue weighted by Gasteiger charge is 2.30. The number of halogens is 3. The maximum Gasteiger partial charge on any atom is 0.416 e. The number of carbonyl (C=O) groups excluding carboxylic acids is 2. The van der Waals surface area contributed by atoms with Gasteiger partial charge >= 0.3 is 6.18 Å². The lowest BCUT2D eigenvalue weighted by atomic mass is 10.1. The first kappa shape index (κ1) is 19.5. The first-order valence-corrected chi connectivity index (χ1v) is 8.12. The van der Waals surface area contributed by atoms with Crippen LogP contribution in [0.5, 0.6) is 0 Å². The van der Waals surface area contributed by atoms with Crippen LogP contribution in [0.3, 0.4) is 0 Å². The summed E-state index contributed by atoms with van der Waals surface area (Å²) in [5, 5.41) is 5.29. The van der Waals surface area contributed by atoms with Crippen molar-refractivity contribution >= 4 is 11.8 Å². The third-order valence-corrected chi connectivity index (χ3v) is 3.65. The average Bonchev–Trinajstić information content (AvgIpc) is 2.63. The van der Waals surface area contributed by atoms with Gasteiger partial charge in [0.15, 0.2) is 0 Å². The van der Waals surface area contributed by atoms with Crippen molar-refractivity contribution in [1.29, 1.82) is 0 Å². The third-order valence-electron chi connectivity index (χ3n) is 3.65. The van der Waals surface area contributed by atoms with Gasteiger partial charge in [-0.3, -0.25) is 9.59 Å². The number of amides is 2. The SMILES string of the molecule is O=C(CCCNC(=O)c1ccccc1)NCc1cccc(C(F)(F)F)c1. The summed E-state index contributed by atoms with van der Waals surface area (Å²) in [6.45, 7) is 0.365. The Bertz CT molecular complexity index is 746. The summed E-state index contributed by atoms with van der Waals surface area (Å²) in [5.74, 6) is -0.494. The minimum absolute atomic E-state index is 0.0269. The Morgan fingerprint density at radius 1 is 0.923 bits per heavy atom. The average molecular weight is 364 g/mol. The van der Waals surface area contributed by atoms with Crippen LogP contribution in [0.15, 0.2) is 54.6 Å². The molecule has 4 nitrogen and oxygen atoms in total. The first-order valence-electron chi connectivity index (χ1n) is 8.12. The summed E-state index contributed by atoms with van der Waals surface area (Å²) in [4.78, 5) is 23.6. The van der Waals surface area contributed by atoms with Crippen molar-refractivity contribution in [3.63, 3.8) is 0 Å². The van der Waals surface area contributed by atoms with Crippen molar-refractivity contribution in [2.24, 2.45) is 0 Å². The van der Waals surface area contributed by atoms with Crippen molar-refractivity contribution < 1.29 is 22.8 Å². The molecule has 0 saturated carbocycles. The van der Waals surface area contributed by atoms with Crippen LogP contribution < -0.4 is 10.6 Å². The number of nitrogens with one attached hydrogen (secondary N) is 2. The standard InChI is InChI=1S/C19H19F3N2O2/c20-19(21,22)16-9-4-6-14(12-16)13-24-17(25)10-5-11-23-18(26)15-7-2-1-3-8-15/h1-4,6-9,12H,5,10-11,13H2,(H,23,26)(H,24,25). The molecule has 138 valence electrons. The Kier molecular flexibility index (Phi) is 6.77. The van der Waals surface area contributed by atoms with E-state index in [1.165, 1.54) is 12.1 Å². The molecule has 0 aliphatic rings.